The summed E-state index contributed by atoms with van der Waals surface area (Å²) in [5.74, 6) is -1.20. The highest BCUT2D eigenvalue weighted by atomic mass is 19.1. The van der Waals surface area contributed by atoms with Gasteiger partial charge in [-0.25, -0.2) is 13.2 Å². The van der Waals surface area contributed by atoms with E-state index < -0.39 is 5.82 Å². The lowest BCUT2D eigenvalue weighted by Gasteiger charge is -2.10. The van der Waals surface area contributed by atoms with Crippen molar-refractivity contribution in [3.8, 4) is 17.2 Å². The van der Waals surface area contributed by atoms with E-state index in [9.17, 15) is 8.78 Å². The molecule has 33 heavy (non-hydrogen) atoms. The predicted octanol–water partition coefficient (Wildman–Crippen LogP) is 7.70. The summed E-state index contributed by atoms with van der Waals surface area (Å²) < 4.78 is 43.7. The van der Waals surface area contributed by atoms with E-state index in [1.807, 2.05) is 12.1 Å². The molecular formula is C29H22F3N. The average molecular weight is 441 g/mol. The molecule has 0 aliphatic carbocycles. The molecule has 0 bridgehead atoms. The maximum Gasteiger partial charge on any atom is 0.141 e. The van der Waals surface area contributed by atoms with Crippen molar-refractivity contribution in [3.63, 3.8) is 0 Å². The fourth-order valence-corrected chi connectivity index (χ4v) is 4.00. The Morgan fingerprint density at radius 3 is 2.27 bits per heavy atom. The minimum Gasteiger partial charge on any atom is -0.206 e. The Labute approximate surface area is 191 Å². The van der Waals surface area contributed by atoms with Crippen molar-refractivity contribution in [3.05, 3.63) is 119 Å². The molecule has 0 saturated heterocycles. The Morgan fingerprint density at radius 1 is 0.788 bits per heavy atom. The van der Waals surface area contributed by atoms with Crippen molar-refractivity contribution in [1.82, 2.24) is 0 Å². The van der Waals surface area contributed by atoms with Crippen LogP contribution in [0.15, 0.2) is 79.4 Å². The summed E-state index contributed by atoms with van der Waals surface area (Å²) in [6.07, 6.45) is 4.18. The molecule has 4 rings (SSSR count). The zero-order valence-corrected chi connectivity index (χ0v) is 18.0. The maximum atomic E-state index is 15.2. The van der Waals surface area contributed by atoms with E-state index >= 15 is 4.39 Å². The number of aryl methyl sites for hydroxylation is 3. The van der Waals surface area contributed by atoms with Crippen LogP contribution in [0.5, 0.6) is 0 Å². The summed E-state index contributed by atoms with van der Waals surface area (Å²) >= 11 is 0. The summed E-state index contributed by atoms with van der Waals surface area (Å²) in [5.41, 5.74) is 3.30. The number of allylic oxidation sites excluding steroid dienone is 1. The standard InChI is InChI=1S/C29H22F3N/c1-2-3-4-19-7-13-25(28(31)16-19)22-12-14-26-23(17-22)11-10-21(29(26)32)8-5-20-6-9-24(18-33)27(30)15-20/h2,6-7,9-17H,1,3-5,8H2. The first-order chi connectivity index (χ1) is 16.0. The number of nitrogens with zero attached hydrogens (tertiary/aromatic N) is 1. The van der Waals surface area contributed by atoms with Crippen LogP contribution in [0.25, 0.3) is 21.9 Å². The Kier molecular flexibility index (Phi) is 6.60. The second-order valence-corrected chi connectivity index (χ2v) is 8.04. The predicted molar refractivity (Wildman–Crippen MR) is 126 cm³/mol. The van der Waals surface area contributed by atoms with Gasteiger partial charge in [-0.05, 0) is 77.6 Å². The minimum absolute atomic E-state index is 0.00530. The van der Waals surface area contributed by atoms with Crippen molar-refractivity contribution in [1.29, 1.82) is 5.26 Å². The molecule has 0 atom stereocenters. The zero-order valence-electron chi connectivity index (χ0n) is 18.0. The summed E-state index contributed by atoms with van der Waals surface area (Å²) in [6, 6.07) is 20.2. The van der Waals surface area contributed by atoms with Gasteiger partial charge >= 0.3 is 0 Å². The number of fused-ring (bicyclic) bond motifs is 1. The molecule has 1 nitrogen and oxygen atoms in total. The van der Waals surface area contributed by atoms with Crippen LogP contribution in [-0.4, -0.2) is 0 Å². The van der Waals surface area contributed by atoms with Gasteiger partial charge in [0.2, 0.25) is 0 Å². The topological polar surface area (TPSA) is 23.8 Å². The smallest absolute Gasteiger partial charge is 0.141 e. The van der Waals surface area contributed by atoms with E-state index in [0.29, 0.717) is 45.9 Å². The Bertz CT molecular complexity index is 1380. The molecule has 0 saturated carbocycles. The van der Waals surface area contributed by atoms with Crippen LogP contribution in [-0.2, 0) is 19.3 Å². The number of rotatable bonds is 7. The quantitative estimate of drug-likeness (QED) is 0.270. The average Bonchev–Trinajstić information content (AvgIpc) is 2.82. The van der Waals surface area contributed by atoms with Crippen LogP contribution in [0, 0.1) is 28.8 Å². The summed E-state index contributed by atoms with van der Waals surface area (Å²) in [4.78, 5) is 0. The SMILES string of the molecule is C=CCCc1ccc(-c2ccc3c(F)c(CCc4ccc(C#N)c(F)c4)ccc3c2)c(F)c1. The molecule has 0 unspecified atom stereocenters. The maximum absolute atomic E-state index is 15.2. The molecule has 0 spiro atoms. The third-order valence-corrected chi connectivity index (χ3v) is 5.85. The van der Waals surface area contributed by atoms with Crippen molar-refractivity contribution < 1.29 is 13.2 Å². The fourth-order valence-electron chi connectivity index (χ4n) is 4.00. The fraction of sp³-hybridized carbons (Fsp3) is 0.138. The van der Waals surface area contributed by atoms with Crippen molar-refractivity contribution in [2.45, 2.75) is 25.7 Å². The molecule has 164 valence electrons. The highest BCUT2D eigenvalue weighted by Crippen LogP contribution is 2.30. The first-order valence-corrected chi connectivity index (χ1v) is 10.8. The second-order valence-electron chi connectivity index (χ2n) is 8.04. The van der Waals surface area contributed by atoms with E-state index in [2.05, 4.69) is 6.58 Å². The Morgan fingerprint density at radius 2 is 1.55 bits per heavy atom. The summed E-state index contributed by atoms with van der Waals surface area (Å²) in [6.45, 7) is 3.69. The lowest BCUT2D eigenvalue weighted by molar-refractivity contribution is 0.616. The normalized spacial score (nSPS) is 10.8. The molecule has 0 radical (unpaired) electrons. The second kappa shape index (κ2) is 9.75. The van der Waals surface area contributed by atoms with E-state index in [0.717, 1.165) is 18.4 Å². The Hall–Kier alpha value is -3.84. The van der Waals surface area contributed by atoms with Crippen LogP contribution >= 0.6 is 0 Å². The monoisotopic (exact) mass is 441 g/mol. The molecule has 4 aromatic carbocycles. The highest BCUT2D eigenvalue weighted by molar-refractivity contribution is 5.88. The number of hydrogen-bond donors (Lipinski definition) is 0. The molecule has 0 heterocycles. The third kappa shape index (κ3) is 4.83. The van der Waals surface area contributed by atoms with Gasteiger partial charge in [0.25, 0.3) is 0 Å². The van der Waals surface area contributed by atoms with Gasteiger partial charge in [-0.2, -0.15) is 5.26 Å². The first kappa shape index (κ1) is 22.4. The van der Waals surface area contributed by atoms with Crippen molar-refractivity contribution in [2.24, 2.45) is 0 Å². The van der Waals surface area contributed by atoms with Gasteiger partial charge in [-0.3, -0.25) is 0 Å². The molecule has 0 aliphatic rings. The van der Waals surface area contributed by atoms with Gasteiger partial charge in [-0.15, -0.1) is 6.58 Å². The van der Waals surface area contributed by atoms with Gasteiger partial charge in [-0.1, -0.05) is 48.5 Å². The number of halogens is 3. The third-order valence-electron chi connectivity index (χ3n) is 5.85. The molecule has 0 fully saturated rings. The van der Waals surface area contributed by atoms with Gasteiger partial charge in [0.15, 0.2) is 0 Å². The molecular weight excluding hydrogens is 419 g/mol. The molecule has 4 aromatic rings. The summed E-state index contributed by atoms with van der Waals surface area (Å²) in [7, 11) is 0. The number of benzene rings is 4. The zero-order chi connectivity index (χ0) is 23.4. The highest BCUT2D eigenvalue weighted by Gasteiger charge is 2.12. The van der Waals surface area contributed by atoms with Gasteiger partial charge in [0.1, 0.15) is 23.5 Å². The van der Waals surface area contributed by atoms with Crippen LogP contribution in [0.1, 0.15) is 28.7 Å². The van der Waals surface area contributed by atoms with Crippen LogP contribution < -0.4 is 0 Å². The van der Waals surface area contributed by atoms with E-state index in [1.54, 1.807) is 54.6 Å². The van der Waals surface area contributed by atoms with Gasteiger partial charge in [0.05, 0.1) is 5.56 Å². The van der Waals surface area contributed by atoms with Crippen LogP contribution in [0.4, 0.5) is 13.2 Å². The molecule has 4 heteroatoms. The molecule has 0 N–H and O–H groups in total. The summed E-state index contributed by atoms with van der Waals surface area (Å²) in [5, 5.41) is 9.99. The Balaban J connectivity index is 1.57. The lowest BCUT2D eigenvalue weighted by atomic mass is 9.96. The van der Waals surface area contributed by atoms with E-state index in [1.165, 1.54) is 12.1 Å². The van der Waals surface area contributed by atoms with Crippen LogP contribution in [0.2, 0.25) is 0 Å². The number of hydrogen-bond acceptors (Lipinski definition) is 1. The van der Waals surface area contributed by atoms with Crippen molar-refractivity contribution in [2.75, 3.05) is 0 Å². The van der Waals surface area contributed by atoms with E-state index in [4.69, 9.17) is 5.26 Å². The largest absolute Gasteiger partial charge is 0.206 e. The van der Waals surface area contributed by atoms with Gasteiger partial charge < -0.3 is 0 Å². The first-order valence-electron chi connectivity index (χ1n) is 10.8. The van der Waals surface area contributed by atoms with Crippen molar-refractivity contribution >= 4 is 10.8 Å². The minimum atomic E-state index is -0.567. The number of nitriles is 1. The van der Waals surface area contributed by atoms with Gasteiger partial charge in [0, 0.05) is 10.9 Å². The lowest BCUT2D eigenvalue weighted by Crippen LogP contribution is -1.97. The molecule has 0 aromatic heterocycles. The van der Waals surface area contributed by atoms with E-state index in [-0.39, 0.29) is 17.2 Å². The molecule has 0 aliphatic heterocycles. The molecule has 0 amide bonds. The van der Waals surface area contributed by atoms with Crippen LogP contribution in [0.3, 0.4) is 0 Å².